The fraction of sp³-hybridized carbons (Fsp3) is 0.500. The molecule has 3 aromatic rings. The highest BCUT2D eigenvalue weighted by Crippen LogP contribution is 2.31. The van der Waals surface area contributed by atoms with Gasteiger partial charge < -0.3 is 14.2 Å². The van der Waals surface area contributed by atoms with Gasteiger partial charge in [0.1, 0.15) is 11.6 Å². The molecule has 0 N–H and O–H groups in total. The Bertz CT molecular complexity index is 1160. The Morgan fingerprint density at radius 2 is 1.64 bits per heavy atom. The van der Waals surface area contributed by atoms with E-state index in [1.54, 1.807) is 0 Å². The number of esters is 1. The minimum absolute atomic E-state index is 0.227. The summed E-state index contributed by atoms with van der Waals surface area (Å²) >= 11 is 0. The Balaban J connectivity index is 1.70. The summed E-state index contributed by atoms with van der Waals surface area (Å²) in [6.07, 6.45) is 3.94. The maximum absolute atomic E-state index is 12.3. The molecule has 0 unspecified atom stereocenters. The zero-order valence-electron chi connectivity index (χ0n) is 21.0. The molecule has 0 amide bonds. The van der Waals surface area contributed by atoms with Crippen molar-refractivity contribution in [2.24, 2.45) is 5.41 Å². The summed E-state index contributed by atoms with van der Waals surface area (Å²) in [6, 6.07) is 10.3. The van der Waals surface area contributed by atoms with Crippen LogP contribution in [0.25, 0.3) is 22.4 Å². The van der Waals surface area contributed by atoms with Gasteiger partial charge in [0.15, 0.2) is 0 Å². The van der Waals surface area contributed by atoms with Crippen molar-refractivity contribution in [1.82, 2.24) is 14.5 Å². The average molecular weight is 448 g/mol. The minimum Gasteiger partial charge on any atom is -0.426 e. The van der Waals surface area contributed by atoms with E-state index in [2.05, 4.69) is 42.4 Å². The zero-order chi connectivity index (χ0) is 23.8. The number of aryl methyl sites for hydroxylation is 3. The maximum Gasteiger partial charge on any atom is 0.316 e. The predicted octanol–water partition coefficient (Wildman–Crippen LogP) is 6.07. The highest BCUT2D eigenvalue weighted by Gasteiger charge is 2.24. The van der Waals surface area contributed by atoms with Crippen molar-refractivity contribution in [3.8, 4) is 17.1 Å². The third-order valence-electron chi connectivity index (χ3n) is 6.71. The molecule has 0 spiro atoms. The molecule has 1 aromatic heterocycles. The van der Waals surface area contributed by atoms with E-state index < -0.39 is 5.41 Å². The summed E-state index contributed by atoms with van der Waals surface area (Å²) in [5, 5.41) is 0. The van der Waals surface area contributed by atoms with Crippen LogP contribution in [0.5, 0.6) is 5.75 Å². The van der Waals surface area contributed by atoms with E-state index in [1.807, 2.05) is 39.0 Å². The zero-order valence-corrected chi connectivity index (χ0v) is 21.0. The van der Waals surface area contributed by atoms with Gasteiger partial charge in [-0.15, -0.1) is 0 Å². The number of carbonyl (C=O) groups is 1. The van der Waals surface area contributed by atoms with Crippen LogP contribution in [0.3, 0.4) is 0 Å². The van der Waals surface area contributed by atoms with Crippen LogP contribution in [0.4, 0.5) is 0 Å². The molecule has 33 heavy (non-hydrogen) atoms. The van der Waals surface area contributed by atoms with Crippen LogP contribution in [-0.2, 0) is 11.3 Å². The van der Waals surface area contributed by atoms with Crippen LogP contribution in [0.15, 0.2) is 30.3 Å². The van der Waals surface area contributed by atoms with Gasteiger partial charge >= 0.3 is 5.97 Å². The van der Waals surface area contributed by atoms with Gasteiger partial charge in [-0.25, -0.2) is 4.98 Å². The molecule has 0 radical (unpaired) electrons. The van der Waals surface area contributed by atoms with Crippen molar-refractivity contribution in [3.63, 3.8) is 0 Å². The molecular formula is C28H37N3O2. The van der Waals surface area contributed by atoms with Crippen molar-refractivity contribution in [2.45, 2.75) is 67.3 Å². The lowest BCUT2D eigenvalue weighted by molar-refractivity contribution is -0.142. The summed E-state index contributed by atoms with van der Waals surface area (Å²) in [5.41, 5.74) is 6.37. The number of hydrogen-bond acceptors (Lipinski definition) is 4. The standard InChI is InChI=1S/C28H37N3O2/c1-19-17-24-25(18-20(19)2)31(15-14-30-12-8-7-9-13-30)26(29-24)23-11-10-22(16-21(23)3)33-27(32)28(4,5)6/h10-11,16-18H,7-9,12-15H2,1-6H3. The number of fused-ring (bicyclic) bond motifs is 1. The molecule has 4 rings (SSSR count). The third kappa shape index (κ3) is 5.14. The molecule has 5 nitrogen and oxygen atoms in total. The minimum atomic E-state index is -0.537. The first-order valence-electron chi connectivity index (χ1n) is 12.2. The predicted molar refractivity (Wildman–Crippen MR) is 135 cm³/mol. The fourth-order valence-electron chi connectivity index (χ4n) is 4.45. The van der Waals surface area contributed by atoms with Crippen LogP contribution in [0.2, 0.25) is 0 Å². The number of benzene rings is 2. The van der Waals surface area contributed by atoms with E-state index in [9.17, 15) is 4.79 Å². The lowest BCUT2D eigenvalue weighted by Crippen LogP contribution is -2.32. The molecule has 1 fully saturated rings. The van der Waals surface area contributed by atoms with Gasteiger partial charge in [0.2, 0.25) is 0 Å². The van der Waals surface area contributed by atoms with Gasteiger partial charge in [-0.3, -0.25) is 4.79 Å². The average Bonchev–Trinajstić information content (AvgIpc) is 3.09. The Kier molecular flexibility index (Phi) is 6.62. The molecule has 0 bridgehead atoms. The molecule has 2 heterocycles. The van der Waals surface area contributed by atoms with Gasteiger partial charge in [-0.1, -0.05) is 6.42 Å². The number of piperidine rings is 1. The van der Waals surface area contributed by atoms with Gasteiger partial charge in [-0.2, -0.15) is 0 Å². The topological polar surface area (TPSA) is 47.4 Å². The van der Waals surface area contributed by atoms with Crippen molar-refractivity contribution in [2.75, 3.05) is 19.6 Å². The quantitative estimate of drug-likeness (QED) is 0.352. The number of likely N-dealkylation sites (tertiary alicyclic amines) is 1. The number of carbonyl (C=O) groups excluding carboxylic acids is 1. The molecule has 0 atom stereocenters. The summed E-state index contributed by atoms with van der Waals surface area (Å²) in [7, 11) is 0. The second-order valence-corrected chi connectivity index (χ2v) is 10.5. The largest absolute Gasteiger partial charge is 0.426 e. The second-order valence-electron chi connectivity index (χ2n) is 10.5. The van der Waals surface area contributed by atoms with Crippen molar-refractivity contribution in [1.29, 1.82) is 0 Å². The number of aromatic nitrogens is 2. The normalized spacial score (nSPS) is 15.2. The second kappa shape index (κ2) is 9.30. The first-order chi connectivity index (χ1) is 15.6. The number of ether oxygens (including phenoxy) is 1. The molecule has 0 saturated carbocycles. The first-order valence-corrected chi connectivity index (χ1v) is 12.2. The van der Waals surface area contributed by atoms with Crippen LogP contribution < -0.4 is 4.74 Å². The molecule has 176 valence electrons. The van der Waals surface area contributed by atoms with E-state index in [4.69, 9.17) is 9.72 Å². The smallest absolute Gasteiger partial charge is 0.316 e. The Hall–Kier alpha value is -2.66. The Morgan fingerprint density at radius 3 is 2.30 bits per heavy atom. The summed E-state index contributed by atoms with van der Waals surface area (Å²) in [4.78, 5) is 20.0. The highest BCUT2D eigenvalue weighted by atomic mass is 16.5. The van der Waals surface area contributed by atoms with Gasteiger partial charge in [0.25, 0.3) is 0 Å². The van der Waals surface area contributed by atoms with E-state index in [0.717, 1.165) is 35.6 Å². The maximum atomic E-state index is 12.3. The molecule has 2 aromatic carbocycles. The van der Waals surface area contributed by atoms with Gasteiger partial charge in [-0.05, 0) is 114 Å². The number of nitrogens with zero attached hydrogens (tertiary/aromatic N) is 3. The van der Waals surface area contributed by atoms with Crippen LogP contribution in [0.1, 0.15) is 56.7 Å². The lowest BCUT2D eigenvalue weighted by atomic mass is 9.97. The Labute approximate surface area is 197 Å². The van der Waals surface area contributed by atoms with E-state index in [0.29, 0.717) is 5.75 Å². The van der Waals surface area contributed by atoms with Crippen LogP contribution in [0, 0.1) is 26.2 Å². The fourth-order valence-corrected chi connectivity index (χ4v) is 4.45. The van der Waals surface area contributed by atoms with E-state index >= 15 is 0 Å². The SMILES string of the molecule is Cc1cc2nc(-c3ccc(OC(=O)C(C)(C)C)cc3C)n(CCN3CCCCC3)c2cc1C. The summed E-state index contributed by atoms with van der Waals surface area (Å²) in [6.45, 7) is 16.3. The molecule has 1 aliphatic rings. The van der Waals surface area contributed by atoms with E-state index in [1.165, 1.54) is 49.0 Å². The molecule has 1 saturated heterocycles. The number of rotatable bonds is 5. The van der Waals surface area contributed by atoms with Crippen molar-refractivity contribution < 1.29 is 9.53 Å². The third-order valence-corrected chi connectivity index (χ3v) is 6.71. The molecule has 1 aliphatic heterocycles. The number of hydrogen-bond donors (Lipinski definition) is 0. The van der Waals surface area contributed by atoms with Gasteiger partial charge in [0, 0.05) is 18.7 Å². The van der Waals surface area contributed by atoms with Crippen LogP contribution >= 0.6 is 0 Å². The Morgan fingerprint density at radius 1 is 0.939 bits per heavy atom. The van der Waals surface area contributed by atoms with Crippen molar-refractivity contribution in [3.05, 3.63) is 47.0 Å². The summed E-state index contributed by atoms with van der Waals surface area (Å²) < 4.78 is 8.00. The summed E-state index contributed by atoms with van der Waals surface area (Å²) in [5.74, 6) is 1.34. The molecule has 5 heteroatoms. The van der Waals surface area contributed by atoms with E-state index in [-0.39, 0.29) is 5.97 Å². The molecular weight excluding hydrogens is 410 g/mol. The molecule has 0 aliphatic carbocycles. The van der Waals surface area contributed by atoms with Crippen LogP contribution in [-0.4, -0.2) is 40.1 Å². The monoisotopic (exact) mass is 447 g/mol. The number of imidazole rings is 1. The van der Waals surface area contributed by atoms with Gasteiger partial charge in [0.05, 0.1) is 16.4 Å². The first kappa shape index (κ1) is 23.5. The lowest BCUT2D eigenvalue weighted by Gasteiger charge is -2.27. The van der Waals surface area contributed by atoms with Crippen molar-refractivity contribution >= 4 is 17.0 Å². The highest BCUT2D eigenvalue weighted by molar-refractivity contribution is 5.83.